The van der Waals surface area contributed by atoms with Gasteiger partial charge < -0.3 is 14.8 Å². The van der Waals surface area contributed by atoms with Crippen molar-refractivity contribution in [2.24, 2.45) is 0 Å². The smallest absolute Gasteiger partial charge is 0.243 e. The molecule has 6 rings (SSSR count). The number of hydrogen-bond acceptors (Lipinski definition) is 7. The van der Waals surface area contributed by atoms with Gasteiger partial charge in [-0.3, -0.25) is 14.8 Å². The number of hydrogen-bond donors (Lipinski definition) is 2. The third-order valence-corrected chi connectivity index (χ3v) is 9.06. The van der Waals surface area contributed by atoms with E-state index in [-0.39, 0.29) is 19.1 Å². The van der Waals surface area contributed by atoms with E-state index in [0.717, 1.165) is 46.4 Å². The number of fused-ring (bicyclic) bond motifs is 2. The molecule has 0 atom stereocenters. The standard InChI is InChI=1S/C35H36FN5O3S/c1-5-31(42)37-19-26-18-29(40-39-26)34-32(27-9-8-25(36)17-30(27)44-14-13-43-4)35-28(11-15-45-35)33(38-34)23-6-7-24-20-41(21(2)3)12-10-22(24)16-23/h5-9,11,15-18,21H,1,10,12-14,19-20H2,2-4H3,(H,37,42)(H,39,40). The lowest BCUT2D eigenvalue weighted by Gasteiger charge is -2.32. The van der Waals surface area contributed by atoms with Crippen LogP contribution in [0.4, 0.5) is 4.39 Å². The normalized spacial score (nSPS) is 13.3. The molecule has 0 saturated heterocycles. The molecular formula is C35H36FN5O3S. The Morgan fingerprint density at radius 3 is 2.82 bits per heavy atom. The van der Waals surface area contributed by atoms with Crippen molar-refractivity contribution in [3.05, 3.63) is 89.2 Å². The predicted octanol–water partition coefficient (Wildman–Crippen LogP) is 6.75. The summed E-state index contributed by atoms with van der Waals surface area (Å²) in [5.74, 6) is -0.278. The number of amides is 1. The molecule has 2 N–H and O–H groups in total. The number of ether oxygens (including phenoxy) is 2. The molecule has 0 spiro atoms. The van der Waals surface area contributed by atoms with Crippen molar-refractivity contribution in [1.29, 1.82) is 0 Å². The highest BCUT2D eigenvalue weighted by molar-refractivity contribution is 7.18. The molecule has 1 aliphatic rings. The van der Waals surface area contributed by atoms with E-state index in [1.165, 1.54) is 29.3 Å². The summed E-state index contributed by atoms with van der Waals surface area (Å²) in [5, 5.41) is 13.5. The number of aromatic amines is 1. The summed E-state index contributed by atoms with van der Waals surface area (Å²) >= 11 is 1.60. The van der Waals surface area contributed by atoms with Crippen LogP contribution in [-0.2, 0) is 29.0 Å². The van der Waals surface area contributed by atoms with Gasteiger partial charge in [-0.15, -0.1) is 11.3 Å². The van der Waals surface area contributed by atoms with Crippen molar-refractivity contribution >= 4 is 27.3 Å². The van der Waals surface area contributed by atoms with E-state index in [9.17, 15) is 9.18 Å². The second-order valence-electron chi connectivity index (χ2n) is 11.3. The Hall–Kier alpha value is -4.38. The van der Waals surface area contributed by atoms with E-state index in [1.807, 2.05) is 6.07 Å². The van der Waals surface area contributed by atoms with Gasteiger partial charge in [-0.05, 0) is 73.2 Å². The largest absolute Gasteiger partial charge is 0.490 e. The second kappa shape index (κ2) is 13.3. The molecule has 5 aromatic rings. The van der Waals surface area contributed by atoms with Gasteiger partial charge in [0.15, 0.2) is 0 Å². The lowest BCUT2D eigenvalue weighted by molar-refractivity contribution is -0.116. The summed E-state index contributed by atoms with van der Waals surface area (Å²) < 4.78 is 26.7. The number of nitrogens with one attached hydrogen (secondary N) is 2. The van der Waals surface area contributed by atoms with Gasteiger partial charge in [0.05, 0.1) is 24.5 Å². The van der Waals surface area contributed by atoms with Crippen LogP contribution in [0.2, 0.25) is 0 Å². The van der Waals surface area contributed by atoms with Gasteiger partial charge in [-0.2, -0.15) is 5.10 Å². The minimum Gasteiger partial charge on any atom is -0.490 e. The van der Waals surface area contributed by atoms with Crippen molar-refractivity contribution in [3.8, 4) is 39.5 Å². The highest BCUT2D eigenvalue weighted by atomic mass is 32.1. The maximum absolute atomic E-state index is 14.5. The minimum absolute atomic E-state index is 0.251. The number of aromatic nitrogens is 3. The van der Waals surface area contributed by atoms with E-state index in [0.29, 0.717) is 41.0 Å². The van der Waals surface area contributed by atoms with Crippen LogP contribution in [0.5, 0.6) is 5.75 Å². The van der Waals surface area contributed by atoms with Crippen molar-refractivity contribution in [2.45, 2.75) is 39.4 Å². The first-order valence-corrected chi connectivity index (χ1v) is 15.9. The number of H-pyrrole nitrogens is 1. The van der Waals surface area contributed by atoms with E-state index in [1.54, 1.807) is 24.5 Å². The molecule has 0 saturated carbocycles. The van der Waals surface area contributed by atoms with Gasteiger partial charge in [-0.25, -0.2) is 9.37 Å². The molecule has 0 bridgehead atoms. The van der Waals surface area contributed by atoms with E-state index >= 15 is 0 Å². The number of benzene rings is 2. The lowest BCUT2D eigenvalue weighted by Crippen LogP contribution is -2.35. The van der Waals surface area contributed by atoms with Crippen LogP contribution in [-0.4, -0.2) is 58.9 Å². The van der Waals surface area contributed by atoms with Crippen LogP contribution in [0.15, 0.2) is 66.6 Å². The summed E-state index contributed by atoms with van der Waals surface area (Å²) in [5.41, 5.74) is 8.02. The molecule has 10 heteroatoms. The third-order valence-electron chi connectivity index (χ3n) is 8.13. The Morgan fingerprint density at radius 2 is 2.02 bits per heavy atom. The average molecular weight is 626 g/mol. The number of rotatable bonds is 11. The van der Waals surface area contributed by atoms with Gasteiger partial charge in [-0.1, -0.05) is 18.7 Å². The maximum Gasteiger partial charge on any atom is 0.243 e. The Labute approximate surface area is 265 Å². The van der Waals surface area contributed by atoms with E-state index < -0.39 is 5.82 Å². The van der Waals surface area contributed by atoms with Crippen LogP contribution >= 0.6 is 11.3 Å². The SMILES string of the molecule is C=CC(=O)NCc1cc(-c2nc(-c3ccc4c(c3)CCN(C(C)C)C4)c3ccsc3c2-c2ccc(F)cc2OCCOC)n[nH]1. The summed E-state index contributed by atoms with van der Waals surface area (Å²) in [6, 6.07) is 15.7. The molecule has 1 amide bonds. The molecule has 4 heterocycles. The summed E-state index contributed by atoms with van der Waals surface area (Å²) in [7, 11) is 1.60. The highest BCUT2D eigenvalue weighted by Gasteiger charge is 2.25. The van der Waals surface area contributed by atoms with Crippen LogP contribution in [0, 0.1) is 5.82 Å². The van der Waals surface area contributed by atoms with Crippen LogP contribution in [0.1, 0.15) is 30.7 Å². The fourth-order valence-electron chi connectivity index (χ4n) is 5.73. The van der Waals surface area contributed by atoms with Crippen LogP contribution < -0.4 is 10.1 Å². The molecule has 1 aliphatic heterocycles. The Morgan fingerprint density at radius 1 is 1.16 bits per heavy atom. The second-order valence-corrected chi connectivity index (χ2v) is 12.2. The minimum atomic E-state index is -0.398. The van der Waals surface area contributed by atoms with Crippen LogP contribution in [0.25, 0.3) is 43.9 Å². The van der Waals surface area contributed by atoms with Gasteiger partial charge in [0.1, 0.15) is 29.6 Å². The average Bonchev–Trinajstić information content (AvgIpc) is 3.73. The molecular weight excluding hydrogens is 589 g/mol. The first-order chi connectivity index (χ1) is 21.9. The fourth-order valence-corrected chi connectivity index (χ4v) is 6.68. The zero-order valence-corrected chi connectivity index (χ0v) is 26.5. The highest BCUT2D eigenvalue weighted by Crippen LogP contribution is 2.46. The Kier molecular flexibility index (Phi) is 9.07. The molecule has 8 nitrogen and oxygen atoms in total. The zero-order valence-electron chi connectivity index (χ0n) is 25.7. The first-order valence-electron chi connectivity index (χ1n) is 15.0. The molecule has 0 fully saturated rings. The number of halogens is 1. The predicted molar refractivity (Wildman–Crippen MR) is 177 cm³/mol. The van der Waals surface area contributed by atoms with E-state index in [4.69, 9.17) is 14.5 Å². The van der Waals surface area contributed by atoms with Crippen molar-refractivity contribution in [3.63, 3.8) is 0 Å². The number of methoxy groups -OCH3 is 1. The Balaban J connectivity index is 1.52. The lowest BCUT2D eigenvalue weighted by atomic mass is 9.93. The zero-order chi connectivity index (χ0) is 31.5. The van der Waals surface area contributed by atoms with E-state index in [2.05, 4.69) is 70.5 Å². The van der Waals surface area contributed by atoms with Gasteiger partial charge in [0.25, 0.3) is 0 Å². The number of thiophene rings is 1. The molecule has 0 radical (unpaired) electrons. The molecule has 0 unspecified atom stereocenters. The molecule has 45 heavy (non-hydrogen) atoms. The molecule has 232 valence electrons. The van der Waals surface area contributed by atoms with Crippen molar-refractivity contribution < 1.29 is 18.7 Å². The Bertz CT molecular complexity index is 1860. The molecule has 3 aromatic heterocycles. The molecule has 0 aliphatic carbocycles. The molecule has 2 aromatic carbocycles. The summed E-state index contributed by atoms with van der Waals surface area (Å²) in [4.78, 5) is 19.6. The van der Waals surface area contributed by atoms with Crippen LogP contribution in [0.3, 0.4) is 0 Å². The fraction of sp³-hybridized carbons (Fsp3) is 0.286. The van der Waals surface area contributed by atoms with Crippen molar-refractivity contribution in [1.82, 2.24) is 25.4 Å². The summed E-state index contributed by atoms with van der Waals surface area (Å²) in [6.07, 6.45) is 2.21. The number of carbonyl (C=O) groups is 1. The van der Waals surface area contributed by atoms with Gasteiger partial charge >= 0.3 is 0 Å². The topological polar surface area (TPSA) is 92.4 Å². The van der Waals surface area contributed by atoms with Crippen molar-refractivity contribution in [2.75, 3.05) is 26.9 Å². The van der Waals surface area contributed by atoms with Gasteiger partial charge in [0.2, 0.25) is 5.91 Å². The summed E-state index contributed by atoms with van der Waals surface area (Å²) in [6.45, 7) is 10.8. The monoisotopic (exact) mass is 625 g/mol. The maximum atomic E-state index is 14.5. The number of nitrogens with zero attached hydrogens (tertiary/aromatic N) is 3. The first kappa shape index (κ1) is 30.6. The number of pyridine rings is 1. The quantitative estimate of drug-likeness (QED) is 0.125. The number of carbonyl (C=O) groups excluding carboxylic acids is 1. The third kappa shape index (κ3) is 6.40. The van der Waals surface area contributed by atoms with Gasteiger partial charge in [0, 0.05) is 59.1 Å².